The third kappa shape index (κ3) is 3.76. The van der Waals surface area contributed by atoms with E-state index in [2.05, 4.69) is 6.92 Å². The topological polar surface area (TPSA) is 43.1 Å². The van der Waals surface area contributed by atoms with Gasteiger partial charge < -0.3 is 5.73 Å². The molecule has 0 spiro atoms. The summed E-state index contributed by atoms with van der Waals surface area (Å²) in [5.41, 5.74) is 6.92. The molecule has 0 bridgehead atoms. The number of hydrogen-bond acceptors (Lipinski definition) is 2. The highest BCUT2D eigenvalue weighted by atomic mass is 35.5. The summed E-state index contributed by atoms with van der Waals surface area (Å²) in [5.74, 6) is 1.17. The number of unbranched alkanes of at least 4 members (excludes halogenated alkanes) is 1. The number of nitrogen functional groups attached to an aromatic ring is 1. The molecule has 0 aromatic heterocycles. The molecular formula is C17H24ClNO. The van der Waals surface area contributed by atoms with Gasteiger partial charge in [0.25, 0.3) is 0 Å². The summed E-state index contributed by atoms with van der Waals surface area (Å²) in [6.45, 7) is 2.23. The fourth-order valence-electron chi connectivity index (χ4n) is 3.16. The summed E-state index contributed by atoms with van der Waals surface area (Å²) in [5, 5.41) is 0.489. The maximum absolute atomic E-state index is 12.5. The molecule has 1 fully saturated rings. The minimum absolute atomic E-state index is 0.147. The number of halogens is 1. The first-order chi connectivity index (χ1) is 9.61. The van der Waals surface area contributed by atoms with Gasteiger partial charge in [-0.2, -0.15) is 0 Å². The first kappa shape index (κ1) is 15.4. The van der Waals surface area contributed by atoms with Crippen molar-refractivity contribution < 1.29 is 4.79 Å². The van der Waals surface area contributed by atoms with E-state index in [1.165, 1.54) is 32.1 Å². The molecule has 0 atom stereocenters. The maximum atomic E-state index is 12.5. The average Bonchev–Trinajstić information content (AvgIpc) is 2.45. The quantitative estimate of drug-likeness (QED) is 0.606. The molecule has 2 N–H and O–H groups in total. The van der Waals surface area contributed by atoms with E-state index in [0.29, 0.717) is 16.3 Å². The van der Waals surface area contributed by atoms with Crippen LogP contribution in [0.4, 0.5) is 5.69 Å². The molecule has 2 rings (SSSR count). The van der Waals surface area contributed by atoms with E-state index >= 15 is 0 Å². The van der Waals surface area contributed by atoms with Gasteiger partial charge in [-0.3, -0.25) is 4.79 Å². The van der Waals surface area contributed by atoms with Crippen molar-refractivity contribution in [1.29, 1.82) is 0 Å². The molecule has 20 heavy (non-hydrogen) atoms. The Morgan fingerprint density at radius 3 is 2.60 bits per heavy atom. The highest BCUT2D eigenvalue weighted by molar-refractivity contribution is 6.34. The van der Waals surface area contributed by atoms with Gasteiger partial charge in [0.1, 0.15) is 0 Å². The van der Waals surface area contributed by atoms with Crippen molar-refractivity contribution >= 4 is 23.1 Å². The van der Waals surface area contributed by atoms with Crippen LogP contribution in [-0.2, 0) is 0 Å². The van der Waals surface area contributed by atoms with Crippen molar-refractivity contribution in [3.63, 3.8) is 0 Å². The smallest absolute Gasteiger partial charge is 0.167 e. The Kier molecular flexibility index (Phi) is 5.47. The first-order valence-corrected chi connectivity index (χ1v) is 8.08. The van der Waals surface area contributed by atoms with Crippen molar-refractivity contribution in [3.05, 3.63) is 28.8 Å². The standard InChI is InChI=1S/C17H24ClNO/c1-2-3-4-12-5-7-13(8-6-12)17(20)15-10-9-14(19)11-16(15)18/h9-13H,2-8,19H2,1H3. The Morgan fingerprint density at radius 1 is 1.30 bits per heavy atom. The molecule has 0 unspecified atom stereocenters. The number of carbonyl (C=O) groups is 1. The predicted octanol–water partition coefficient (Wildman–Crippen LogP) is 5.10. The van der Waals surface area contributed by atoms with Crippen molar-refractivity contribution in [2.45, 2.75) is 51.9 Å². The summed E-state index contributed by atoms with van der Waals surface area (Å²) >= 11 is 6.14. The summed E-state index contributed by atoms with van der Waals surface area (Å²) < 4.78 is 0. The van der Waals surface area contributed by atoms with Crippen LogP contribution in [0.15, 0.2) is 18.2 Å². The fraction of sp³-hybridized carbons (Fsp3) is 0.588. The second kappa shape index (κ2) is 7.12. The highest BCUT2D eigenvalue weighted by Crippen LogP contribution is 2.35. The van der Waals surface area contributed by atoms with Crippen LogP contribution >= 0.6 is 11.6 Å². The van der Waals surface area contributed by atoms with Gasteiger partial charge in [0, 0.05) is 17.2 Å². The van der Waals surface area contributed by atoms with E-state index in [-0.39, 0.29) is 11.7 Å². The van der Waals surface area contributed by atoms with Crippen molar-refractivity contribution in [3.8, 4) is 0 Å². The lowest BCUT2D eigenvalue weighted by molar-refractivity contribution is 0.0869. The Bertz CT molecular complexity index is 464. The maximum Gasteiger partial charge on any atom is 0.167 e. The van der Waals surface area contributed by atoms with Gasteiger partial charge in [-0.1, -0.05) is 37.8 Å². The molecule has 110 valence electrons. The molecule has 3 heteroatoms. The minimum Gasteiger partial charge on any atom is -0.399 e. The molecule has 0 radical (unpaired) electrons. The molecule has 2 nitrogen and oxygen atoms in total. The molecule has 1 saturated carbocycles. The summed E-state index contributed by atoms with van der Waals surface area (Å²) in [4.78, 5) is 12.5. The molecule has 1 aliphatic rings. The lowest BCUT2D eigenvalue weighted by Crippen LogP contribution is -2.22. The number of benzene rings is 1. The lowest BCUT2D eigenvalue weighted by atomic mass is 9.77. The number of nitrogens with two attached hydrogens (primary N) is 1. The van der Waals surface area contributed by atoms with Crippen molar-refractivity contribution in [2.24, 2.45) is 11.8 Å². The van der Waals surface area contributed by atoms with Gasteiger partial charge in [0.15, 0.2) is 5.78 Å². The van der Waals surface area contributed by atoms with Gasteiger partial charge in [0.05, 0.1) is 5.02 Å². The predicted molar refractivity (Wildman–Crippen MR) is 85.2 cm³/mol. The van der Waals surface area contributed by atoms with E-state index < -0.39 is 0 Å². The summed E-state index contributed by atoms with van der Waals surface area (Å²) in [6.07, 6.45) is 8.28. The average molecular weight is 294 g/mol. The third-order valence-corrected chi connectivity index (χ3v) is 4.75. The molecule has 1 aromatic carbocycles. The van der Waals surface area contributed by atoms with Crippen LogP contribution < -0.4 is 5.73 Å². The molecule has 0 aliphatic heterocycles. The van der Waals surface area contributed by atoms with Gasteiger partial charge in [-0.15, -0.1) is 0 Å². The van der Waals surface area contributed by atoms with E-state index in [9.17, 15) is 4.79 Å². The van der Waals surface area contributed by atoms with Gasteiger partial charge in [-0.25, -0.2) is 0 Å². The summed E-state index contributed by atoms with van der Waals surface area (Å²) in [7, 11) is 0. The monoisotopic (exact) mass is 293 g/mol. The number of Topliss-reactive ketones (excluding diaryl/α,β-unsaturated/α-hetero) is 1. The number of carbonyl (C=O) groups excluding carboxylic acids is 1. The van der Waals surface area contributed by atoms with Crippen molar-refractivity contribution in [2.75, 3.05) is 5.73 Å². The lowest BCUT2D eigenvalue weighted by Gasteiger charge is -2.27. The van der Waals surface area contributed by atoms with Crippen LogP contribution in [0, 0.1) is 11.8 Å². The van der Waals surface area contributed by atoms with Crippen LogP contribution in [0.3, 0.4) is 0 Å². The third-order valence-electron chi connectivity index (χ3n) is 4.44. The Morgan fingerprint density at radius 2 is 2.00 bits per heavy atom. The van der Waals surface area contributed by atoms with Crippen LogP contribution in [0.5, 0.6) is 0 Å². The van der Waals surface area contributed by atoms with E-state index in [1.54, 1.807) is 18.2 Å². The number of ketones is 1. The van der Waals surface area contributed by atoms with E-state index in [1.807, 2.05) is 0 Å². The highest BCUT2D eigenvalue weighted by Gasteiger charge is 2.27. The molecule has 0 heterocycles. The zero-order chi connectivity index (χ0) is 14.5. The second-order valence-electron chi connectivity index (χ2n) is 5.96. The molecular weight excluding hydrogens is 270 g/mol. The zero-order valence-electron chi connectivity index (χ0n) is 12.2. The summed E-state index contributed by atoms with van der Waals surface area (Å²) in [6, 6.07) is 5.19. The van der Waals surface area contributed by atoms with Crippen LogP contribution in [0.25, 0.3) is 0 Å². The largest absolute Gasteiger partial charge is 0.399 e. The SMILES string of the molecule is CCCCC1CCC(C(=O)c2ccc(N)cc2Cl)CC1. The molecule has 1 aliphatic carbocycles. The molecule has 0 saturated heterocycles. The normalized spacial score (nSPS) is 22.7. The minimum atomic E-state index is 0.147. The van der Waals surface area contributed by atoms with Crippen LogP contribution in [0.1, 0.15) is 62.2 Å². The van der Waals surface area contributed by atoms with E-state index in [0.717, 1.165) is 18.8 Å². The van der Waals surface area contributed by atoms with Crippen molar-refractivity contribution in [1.82, 2.24) is 0 Å². The number of rotatable bonds is 5. The van der Waals surface area contributed by atoms with Crippen LogP contribution in [0.2, 0.25) is 5.02 Å². The second-order valence-corrected chi connectivity index (χ2v) is 6.37. The molecule has 0 amide bonds. The zero-order valence-corrected chi connectivity index (χ0v) is 13.0. The van der Waals surface area contributed by atoms with E-state index in [4.69, 9.17) is 17.3 Å². The Balaban J connectivity index is 1.94. The number of hydrogen-bond donors (Lipinski definition) is 1. The fourth-order valence-corrected chi connectivity index (χ4v) is 3.44. The van der Waals surface area contributed by atoms with Gasteiger partial charge >= 0.3 is 0 Å². The molecule has 1 aromatic rings. The Hall–Kier alpha value is -1.02. The van der Waals surface area contributed by atoms with Crippen LogP contribution in [-0.4, -0.2) is 5.78 Å². The Labute approximate surface area is 126 Å². The first-order valence-electron chi connectivity index (χ1n) is 7.71. The van der Waals surface area contributed by atoms with Gasteiger partial charge in [0.2, 0.25) is 0 Å². The van der Waals surface area contributed by atoms with Gasteiger partial charge in [-0.05, 0) is 49.8 Å². The number of anilines is 1.